The molecule has 1 aliphatic rings. The first-order valence-electron chi connectivity index (χ1n) is 4.55. The summed E-state index contributed by atoms with van der Waals surface area (Å²) >= 11 is 0. The smallest absolute Gasteiger partial charge is 0.132 e. The number of furan rings is 1. The Bertz CT molecular complexity index is 228. The molecule has 0 bridgehead atoms. The van der Waals surface area contributed by atoms with Crippen LogP contribution in [0.1, 0.15) is 38.1 Å². The zero-order chi connectivity index (χ0) is 8.39. The van der Waals surface area contributed by atoms with Crippen LogP contribution < -0.4 is 0 Å². The molecule has 1 saturated heterocycles. The molecule has 0 radical (unpaired) electrons. The summed E-state index contributed by atoms with van der Waals surface area (Å²) in [5, 5.41) is 0. The van der Waals surface area contributed by atoms with E-state index in [4.69, 9.17) is 9.15 Å². The van der Waals surface area contributed by atoms with Crippen molar-refractivity contribution in [3.63, 3.8) is 0 Å². The van der Waals surface area contributed by atoms with E-state index in [0.29, 0.717) is 6.10 Å². The van der Waals surface area contributed by atoms with Crippen LogP contribution in [0, 0.1) is 0 Å². The molecule has 2 nitrogen and oxygen atoms in total. The maximum absolute atomic E-state index is 5.74. The molecule has 1 fully saturated rings. The molecule has 12 heavy (non-hydrogen) atoms. The number of ether oxygens (including phenoxy) is 1. The second-order valence-electron chi connectivity index (χ2n) is 3.38. The van der Waals surface area contributed by atoms with Crippen LogP contribution in [0.2, 0.25) is 0 Å². The molecule has 2 unspecified atom stereocenters. The third kappa shape index (κ3) is 1.53. The lowest BCUT2D eigenvalue weighted by atomic mass is 10.0. The average Bonchev–Trinajstić information content (AvgIpc) is 2.56. The second kappa shape index (κ2) is 3.31. The molecule has 0 N–H and O–H groups in total. The highest BCUT2D eigenvalue weighted by Gasteiger charge is 2.22. The van der Waals surface area contributed by atoms with Gasteiger partial charge in [0.05, 0.1) is 12.4 Å². The van der Waals surface area contributed by atoms with Crippen LogP contribution in [0.5, 0.6) is 0 Å². The Morgan fingerprint density at radius 1 is 1.42 bits per heavy atom. The van der Waals surface area contributed by atoms with E-state index in [2.05, 4.69) is 6.92 Å². The molecule has 0 spiro atoms. The fraction of sp³-hybridized carbons (Fsp3) is 0.600. The maximum atomic E-state index is 5.74. The zero-order valence-corrected chi connectivity index (χ0v) is 7.32. The van der Waals surface area contributed by atoms with Crippen molar-refractivity contribution in [3.05, 3.63) is 24.2 Å². The topological polar surface area (TPSA) is 22.4 Å². The fourth-order valence-corrected chi connectivity index (χ4v) is 1.69. The molecule has 1 aromatic heterocycles. The van der Waals surface area contributed by atoms with Gasteiger partial charge in [0.2, 0.25) is 0 Å². The summed E-state index contributed by atoms with van der Waals surface area (Å²) in [4.78, 5) is 0. The third-order valence-electron chi connectivity index (χ3n) is 2.33. The zero-order valence-electron chi connectivity index (χ0n) is 7.32. The second-order valence-corrected chi connectivity index (χ2v) is 3.38. The van der Waals surface area contributed by atoms with E-state index in [1.54, 1.807) is 6.26 Å². The molecule has 2 rings (SSSR count). The number of hydrogen-bond donors (Lipinski definition) is 0. The molecule has 0 saturated carbocycles. The van der Waals surface area contributed by atoms with Gasteiger partial charge in [0.25, 0.3) is 0 Å². The molecular weight excluding hydrogens is 152 g/mol. The van der Waals surface area contributed by atoms with E-state index in [9.17, 15) is 0 Å². The highest BCUT2D eigenvalue weighted by Crippen LogP contribution is 2.30. The van der Waals surface area contributed by atoms with Crippen molar-refractivity contribution in [2.24, 2.45) is 0 Å². The van der Waals surface area contributed by atoms with Crippen molar-refractivity contribution in [1.29, 1.82) is 0 Å². The normalized spacial score (nSPS) is 30.4. The standard InChI is InChI=1S/C10H14O2/c1-8-4-2-5-10(12-8)9-6-3-7-11-9/h3,6-8,10H,2,4-5H2,1H3. The van der Waals surface area contributed by atoms with Crippen LogP contribution in [-0.4, -0.2) is 6.10 Å². The van der Waals surface area contributed by atoms with Gasteiger partial charge in [0, 0.05) is 0 Å². The highest BCUT2D eigenvalue weighted by atomic mass is 16.5. The predicted octanol–water partition coefficient (Wildman–Crippen LogP) is 2.91. The third-order valence-corrected chi connectivity index (χ3v) is 2.33. The van der Waals surface area contributed by atoms with Gasteiger partial charge in [-0.15, -0.1) is 0 Å². The minimum Gasteiger partial charge on any atom is -0.467 e. The van der Waals surface area contributed by atoms with Crippen LogP contribution in [0.3, 0.4) is 0 Å². The summed E-state index contributed by atoms with van der Waals surface area (Å²) in [7, 11) is 0. The van der Waals surface area contributed by atoms with Gasteiger partial charge in [0.15, 0.2) is 0 Å². The molecule has 1 aliphatic heterocycles. The SMILES string of the molecule is CC1CCCC(c2ccco2)O1. The van der Waals surface area contributed by atoms with Gasteiger partial charge in [0.1, 0.15) is 11.9 Å². The summed E-state index contributed by atoms with van der Waals surface area (Å²) in [6, 6.07) is 3.90. The first-order valence-corrected chi connectivity index (χ1v) is 4.55. The molecule has 2 atom stereocenters. The van der Waals surface area contributed by atoms with Gasteiger partial charge in [-0.25, -0.2) is 0 Å². The Balaban J connectivity index is 2.04. The molecule has 2 heteroatoms. The summed E-state index contributed by atoms with van der Waals surface area (Å²) < 4.78 is 11.0. The average molecular weight is 166 g/mol. The Kier molecular flexibility index (Phi) is 2.17. The minimum absolute atomic E-state index is 0.198. The summed E-state index contributed by atoms with van der Waals surface area (Å²) in [5.41, 5.74) is 0. The van der Waals surface area contributed by atoms with Crippen molar-refractivity contribution in [2.45, 2.75) is 38.4 Å². The largest absolute Gasteiger partial charge is 0.467 e. The quantitative estimate of drug-likeness (QED) is 0.640. The highest BCUT2D eigenvalue weighted by molar-refractivity contribution is 5.02. The van der Waals surface area contributed by atoms with Gasteiger partial charge in [-0.2, -0.15) is 0 Å². The monoisotopic (exact) mass is 166 g/mol. The Labute approximate surface area is 72.5 Å². The van der Waals surface area contributed by atoms with E-state index in [1.165, 1.54) is 12.8 Å². The van der Waals surface area contributed by atoms with E-state index in [0.717, 1.165) is 12.2 Å². The van der Waals surface area contributed by atoms with Crippen LogP contribution in [0.4, 0.5) is 0 Å². The minimum atomic E-state index is 0.198. The van der Waals surface area contributed by atoms with Crippen LogP contribution in [0.25, 0.3) is 0 Å². The molecule has 0 aromatic carbocycles. The molecule has 0 amide bonds. The fourth-order valence-electron chi connectivity index (χ4n) is 1.69. The van der Waals surface area contributed by atoms with E-state index >= 15 is 0 Å². The maximum Gasteiger partial charge on any atom is 0.132 e. The van der Waals surface area contributed by atoms with Gasteiger partial charge in [-0.3, -0.25) is 0 Å². The Hall–Kier alpha value is -0.760. The summed E-state index contributed by atoms with van der Waals surface area (Å²) in [5.74, 6) is 0.974. The molecule has 66 valence electrons. The molecule has 2 heterocycles. The lowest BCUT2D eigenvalue weighted by Crippen LogP contribution is -2.18. The van der Waals surface area contributed by atoms with Gasteiger partial charge in [-0.05, 0) is 38.3 Å². The summed E-state index contributed by atoms with van der Waals surface area (Å²) in [6.07, 6.45) is 5.80. The van der Waals surface area contributed by atoms with Gasteiger partial charge >= 0.3 is 0 Å². The van der Waals surface area contributed by atoms with Crippen molar-refractivity contribution in [3.8, 4) is 0 Å². The molecule has 1 aromatic rings. The van der Waals surface area contributed by atoms with Crippen molar-refractivity contribution in [2.75, 3.05) is 0 Å². The van der Waals surface area contributed by atoms with Crippen molar-refractivity contribution < 1.29 is 9.15 Å². The lowest BCUT2D eigenvalue weighted by Gasteiger charge is -2.26. The first-order chi connectivity index (χ1) is 5.86. The van der Waals surface area contributed by atoms with Crippen LogP contribution in [0.15, 0.2) is 22.8 Å². The molecule has 0 aliphatic carbocycles. The van der Waals surface area contributed by atoms with E-state index in [-0.39, 0.29) is 6.10 Å². The number of rotatable bonds is 1. The van der Waals surface area contributed by atoms with Gasteiger partial charge < -0.3 is 9.15 Å². The predicted molar refractivity (Wildman–Crippen MR) is 45.8 cm³/mol. The molecular formula is C10H14O2. The Morgan fingerprint density at radius 3 is 3.00 bits per heavy atom. The van der Waals surface area contributed by atoms with Crippen LogP contribution in [-0.2, 0) is 4.74 Å². The van der Waals surface area contributed by atoms with E-state index in [1.807, 2.05) is 12.1 Å². The summed E-state index contributed by atoms with van der Waals surface area (Å²) in [6.45, 7) is 2.12. The van der Waals surface area contributed by atoms with Crippen LogP contribution >= 0.6 is 0 Å². The van der Waals surface area contributed by atoms with E-state index < -0.39 is 0 Å². The number of hydrogen-bond acceptors (Lipinski definition) is 2. The van der Waals surface area contributed by atoms with Gasteiger partial charge in [-0.1, -0.05) is 0 Å². The van der Waals surface area contributed by atoms with Crippen molar-refractivity contribution in [1.82, 2.24) is 0 Å². The first kappa shape index (κ1) is 7.87. The Morgan fingerprint density at radius 2 is 2.33 bits per heavy atom. The lowest BCUT2D eigenvalue weighted by molar-refractivity contribution is -0.0514. The van der Waals surface area contributed by atoms with Crippen molar-refractivity contribution >= 4 is 0 Å².